The van der Waals surface area contributed by atoms with Gasteiger partial charge in [-0.1, -0.05) is 24.3 Å². The Bertz CT molecular complexity index is 842. The normalized spacial score (nSPS) is 12.2. The van der Waals surface area contributed by atoms with Crippen LogP contribution in [0.2, 0.25) is 0 Å². The third-order valence-electron chi connectivity index (χ3n) is 3.56. The molecule has 134 valence electrons. The molecule has 0 unspecified atom stereocenters. The van der Waals surface area contributed by atoms with Crippen LogP contribution in [-0.4, -0.2) is 20.7 Å². The zero-order valence-electron chi connectivity index (χ0n) is 13.3. The van der Waals surface area contributed by atoms with E-state index in [4.69, 9.17) is 0 Å². The summed E-state index contributed by atoms with van der Waals surface area (Å²) in [6, 6.07) is 10.1. The number of carbonyl (C=O) groups excluding carboxylic acids is 1. The van der Waals surface area contributed by atoms with Gasteiger partial charge in [-0.3, -0.25) is 4.79 Å². The molecule has 0 spiro atoms. The van der Waals surface area contributed by atoms with Gasteiger partial charge in [-0.25, -0.2) is 13.1 Å². The van der Waals surface area contributed by atoms with E-state index < -0.39 is 21.8 Å². The van der Waals surface area contributed by atoms with Crippen LogP contribution in [0.1, 0.15) is 28.4 Å². The average molecular weight is 371 g/mol. The lowest BCUT2D eigenvalue weighted by atomic mass is 10.1. The summed E-state index contributed by atoms with van der Waals surface area (Å²) in [6.45, 7) is 1.42. The predicted octanol–water partition coefficient (Wildman–Crippen LogP) is 3.43. The van der Waals surface area contributed by atoms with Gasteiger partial charge < -0.3 is 0 Å². The van der Waals surface area contributed by atoms with Crippen molar-refractivity contribution in [3.05, 3.63) is 65.2 Å². The van der Waals surface area contributed by atoms with Crippen molar-refractivity contribution >= 4 is 15.8 Å². The molecule has 0 aliphatic carbocycles. The van der Waals surface area contributed by atoms with Crippen LogP contribution in [0, 0.1) is 0 Å². The van der Waals surface area contributed by atoms with E-state index in [1.54, 1.807) is 0 Å². The van der Waals surface area contributed by atoms with Gasteiger partial charge in [0, 0.05) is 12.1 Å². The number of sulfonamides is 1. The number of ketones is 1. The highest BCUT2D eigenvalue weighted by molar-refractivity contribution is 7.89. The third-order valence-corrected chi connectivity index (χ3v) is 5.04. The standard InChI is InChI=1S/C17H16F3NO3S/c1-12(22)14-4-8-16(9-5-14)25(23,24)21-11-10-13-2-6-15(7-3-13)17(18,19)20/h2-9,21H,10-11H2,1H3. The molecule has 0 fully saturated rings. The molecule has 0 saturated carbocycles. The van der Waals surface area contributed by atoms with Crippen LogP contribution < -0.4 is 4.72 Å². The number of benzene rings is 2. The van der Waals surface area contributed by atoms with E-state index >= 15 is 0 Å². The van der Waals surface area contributed by atoms with Crippen LogP contribution >= 0.6 is 0 Å². The van der Waals surface area contributed by atoms with Gasteiger partial charge in [0.25, 0.3) is 0 Å². The Hall–Kier alpha value is -2.19. The predicted molar refractivity (Wildman–Crippen MR) is 86.8 cm³/mol. The maximum atomic E-state index is 12.5. The maximum Gasteiger partial charge on any atom is 0.416 e. The second-order valence-electron chi connectivity index (χ2n) is 5.42. The zero-order chi connectivity index (χ0) is 18.7. The Morgan fingerprint density at radius 3 is 2.04 bits per heavy atom. The molecule has 0 atom stereocenters. The van der Waals surface area contributed by atoms with Crippen molar-refractivity contribution < 1.29 is 26.4 Å². The molecule has 0 aromatic heterocycles. The summed E-state index contributed by atoms with van der Waals surface area (Å²) in [4.78, 5) is 11.2. The SMILES string of the molecule is CC(=O)c1ccc(S(=O)(=O)NCCc2ccc(C(F)(F)F)cc2)cc1. The number of rotatable bonds is 6. The van der Waals surface area contributed by atoms with Crippen LogP contribution in [0.4, 0.5) is 13.2 Å². The average Bonchev–Trinajstić information content (AvgIpc) is 2.54. The Kier molecular flexibility index (Phi) is 5.64. The lowest BCUT2D eigenvalue weighted by Crippen LogP contribution is -2.26. The van der Waals surface area contributed by atoms with Crippen molar-refractivity contribution in [2.45, 2.75) is 24.4 Å². The van der Waals surface area contributed by atoms with E-state index in [2.05, 4.69) is 4.72 Å². The first-order chi connectivity index (χ1) is 11.6. The number of Topliss-reactive ketones (excluding diaryl/α,β-unsaturated/α-hetero) is 1. The molecule has 1 N–H and O–H groups in total. The Labute approximate surface area is 143 Å². The molecule has 0 amide bonds. The second kappa shape index (κ2) is 7.37. The molecule has 2 aromatic rings. The summed E-state index contributed by atoms with van der Waals surface area (Å²) in [7, 11) is -3.75. The highest BCUT2D eigenvalue weighted by Crippen LogP contribution is 2.29. The summed E-state index contributed by atoms with van der Waals surface area (Å²) in [5.74, 6) is -0.167. The fraction of sp³-hybridized carbons (Fsp3) is 0.235. The Morgan fingerprint density at radius 1 is 1.00 bits per heavy atom. The van der Waals surface area contributed by atoms with Crippen LogP contribution in [0.5, 0.6) is 0 Å². The van der Waals surface area contributed by atoms with Gasteiger partial charge in [-0.15, -0.1) is 0 Å². The molecule has 25 heavy (non-hydrogen) atoms. The second-order valence-corrected chi connectivity index (χ2v) is 7.19. The molecule has 0 saturated heterocycles. The molecule has 0 radical (unpaired) electrons. The molecule has 4 nitrogen and oxygen atoms in total. The molecule has 0 aliphatic rings. The van der Waals surface area contributed by atoms with Crippen LogP contribution in [0.3, 0.4) is 0 Å². The molecular weight excluding hydrogens is 355 g/mol. The first-order valence-electron chi connectivity index (χ1n) is 7.36. The smallest absolute Gasteiger partial charge is 0.295 e. The zero-order valence-corrected chi connectivity index (χ0v) is 14.1. The van der Waals surface area contributed by atoms with E-state index in [1.165, 1.54) is 43.3 Å². The highest BCUT2D eigenvalue weighted by Gasteiger charge is 2.29. The van der Waals surface area contributed by atoms with Gasteiger partial charge in [-0.05, 0) is 43.2 Å². The third kappa shape index (κ3) is 5.14. The Morgan fingerprint density at radius 2 is 1.56 bits per heavy atom. The van der Waals surface area contributed by atoms with Gasteiger partial charge in [0.2, 0.25) is 10.0 Å². The monoisotopic (exact) mass is 371 g/mol. The number of nitrogens with one attached hydrogen (secondary N) is 1. The van der Waals surface area contributed by atoms with Crippen molar-refractivity contribution in [1.82, 2.24) is 4.72 Å². The molecule has 2 rings (SSSR count). The largest absolute Gasteiger partial charge is 0.416 e. The minimum Gasteiger partial charge on any atom is -0.295 e. The first-order valence-corrected chi connectivity index (χ1v) is 8.85. The molecule has 8 heteroatoms. The quantitative estimate of drug-likeness (QED) is 0.792. The molecule has 2 aromatic carbocycles. The number of carbonyl (C=O) groups is 1. The topological polar surface area (TPSA) is 63.2 Å². The summed E-state index contributed by atoms with van der Waals surface area (Å²) < 4.78 is 64.1. The van der Waals surface area contributed by atoms with E-state index in [9.17, 15) is 26.4 Å². The summed E-state index contributed by atoms with van der Waals surface area (Å²) in [6.07, 6.45) is -4.14. The molecule has 0 bridgehead atoms. The number of hydrogen-bond donors (Lipinski definition) is 1. The number of halogens is 3. The highest BCUT2D eigenvalue weighted by atomic mass is 32.2. The van der Waals surface area contributed by atoms with Crippen molar-refractivity contribution in [3.63, 3.8) is 0 Å². The van der Waals surface area contributed by atoms with Crippen LogP contribution in [0.15, 0.2) is 53.4 Å². The maximum absolute atomic E-state index is 12.5. The number of hydrogen-bond acceptors (Lipinski definition) is 3. The summed E-state index contributed by atoms with van der Waals surface area (Å²) in [5.41, 5.74) is 0.244. The minimum absolute atomic E-state index is 0.0184. The van der Waals surface area contributed by atoms with Gasteiger partial charge >= 0.3 is 6.18 Å². The van der Waals surface area contributed by atoms with Crippen LogP contribution in [0.25, 0.3) is 0 Å². The van der Waals surface area contributed by atoms with Crippen molar-refractivity contribution in [2.75, 3.05) is 6.54 Å². The Balaban J connectivity index is 1.97. The fourth-order valence-corrected chi connectivity index (χ4v) is 3.17. The fourth-order valence-electron chi connectivity index (χ4n) is 2.14. The van der Waals surface area contributed by atoms with Gasteiger partial charge in [0.1, 0.15) is 0 Å². The first kappa shape index (κ1) is 19.1. The molecular formula is C17H16F3NO3S. The lowest BCUT2D eigenvalue weighted by molar-refractivity contribution is -0.137. The van der Waals surface area contributed by atoms with E-state index in [0.29, 0.717) is 11.1 Å². The van der Waals surface area contributed by atoms with E-state index in [0.717, 1.165) is 12.1 Å². The van der Waals surface area contributed by atoms with Gasteiger partial charge in [-0.2, -0.15) is 13.2 Å². The molecule has 0 heterocycles. The van der Waals surface area contributed by atoms with E-state index in [1.807, 2.05) is 0 Å². The van der Waals surface area contributed by atoms with Crippen molar-refractivity contribution in [1.29, 1.82) is 0 Å². The molecule has 0 aliphatic heterocycles. The van der Waals surface area contributed by atoms with E-state index in [-0.39, 0.29) is 23.6 Å². The van der Waals surface area contributed by atoms with Gasteiger partial charge in [0.15, 0.2) is 5.78 Å². The van der Waals surface area contributed by atoms with Gasteiger partial charge in [0.05, 0.1) is 10.5 Å². The summed E-state index contributed by atoms with van der Waals surface area (Å²) in [5, 5.41) is 0. The van der Waals surface area contributed by atoms with Crippen LogP contribution in [-0.2, 0) is 22.6 Å². The van der Waals surface area contributed by atoms with Crippen molar-refractivity contribution in [2.24, 2.45) is 0 Å². The van der Waals surface area contributed by atoms with Crippen molar-refractivity contribution in [3.8, 4) is 0 Å². The summed E-state index contributed by atoms with van der Waals surface area (Å²) >= 11 is 0. The lowest BCUT2D eigenvalue weighted by Gasteiger charge is -2.09. The minimum atomic E-state index is -4.40. The number of alkyl halides is 3.